The van der Waals surface area contributed by atoms with Crippen LogP contribution in [-0.2, 0) is 0 Å². The first kappa shape index (κ1) is 8.93. The number of piperazine rings is 1. The van der Waals surface area contributed by atoms with Crippen molar-refractivity contribution in [2.24, 2.45) is 5.73 Å². The van der Waals surface area contributed by atoms with E-state index in [1.165, 1.54) is 0 Å². The Morgan fingerprint density at radius 1 is 1.64 bits per heavy atom. The maximum atomic E-state index is 8.60. The van der Waals surface area contributed by atoms with Gasteiger partial charge in [0.25, 0.3) is 0 Å². The number of nitrogens with one attached hydrogen (secondary N) is 1. The lowest BCUT2D eigenvalue weighted by Crippen LogP contribution is -2.55. The Morgan fingerprint density at radius 2 is 2.45 bits per heavy atom. The molecule has 66 valence electrons. The Kier molecular flexibility index (Phi) is 3.79. The van der Waals surface area contributed by atoms with Crippen molar-refractivity contribution in [3.05, 3.63) is 0 Å². The SMILES string of the molecule is NC1CNCCN1CCCO. The first-order chi connectivity index (χ1) is 5.34. The quantitative estimate of drug-likeness (QED) is 0.472. The van der Waals surface area contributed by atoms with Crippen LogP contribution in [-0.4, -0.2) is 49.0 Å². The molecular weight excluding hydrogens is 142 g/mol. The van der Waals surface area contributed by atoms with E-state index in [4.69, 9.17) is 10.8 Å². The molecule has 0 bridgehead atoms. The molecule has 1 unspecified atom stereocenters. The van der Waals surface area contributed by atoms with Crippen LogP contribution in [0.2, 0.25) is 0 Å². The summed E-state index contributed by atoms with van der Waals surface area (Å²) in [7, 11) is 0. The Labute approximate surface area is 67.4 Å². The van der Waals surface area contributed by atoms with Crippen LogP contribution in [0.25, 0.3) is 0 Å². The molecule has 0 aliphatic carbocycles. The summed E-state index contributed by atoms with van der Waals surface area (Å²) in [5.41, 5.74) is 5.80. The molecule has 0 aromatic carbocycles. The fourth-order valence-corrected chi connectivity index (χ4v) is 1.32. The van der Waals surface area contributed by atoms with Crippen LogP contribution >= 0.6 is 0 Å². The van der Waals surface area contributed by atoms with Crippen molar-refractivity contribution in [3.63, 3.8) is 0 Å². The van der Waals surface area contributed by atoms with Gasteiger partial charge >= 0.3 is 0 Å². The van der Waals surface area contributed by atoms with Crippen molar-refractivity contribution in [1.82, 2.24) is 10.2 Å². The average Bonchev–Trinajstić information content (AvgIpc) is 2.03. The summed E-state index contributed by atoms with van der Waals surface area (Å²) >= 11 is 0. The minimum Gasteiger partial charge on any atom is -0.396 e. The highest BCUT2D eigenvalue weighted by molar-refractivity contribution is 4.74. The number of nitrogens with two attached hydrogens (primary N) is 1. The highest BCUT2D eigenvalue weighted by Gasteiger charge is 2.16. The van der Waals surface area contributed by atoms with Crippen LogP contribution in [0.3, 0.4) is 0 Å². The Morgan fingerprint density at radius 3 is 3.09 bits per heavy atom. The highest BCUT2D eigenvalue weighted by atomic mass is 16.3. The summed E-state index contributed by atoms with van der Waals surface area (Å²) in [5, 5.41) is 11.8. The van der Waals surface area contributed by atoms with Gasteiger partial charge in [0.15, 0.2) is 0 Å². The monoisotopic (exact) mass is 159 g/mol. The summed E-state index contributed by atoms with van der Waals surface area (Å²) in [6, 6.07) is 0. The van der Waals surface area contributed by atoms with Crippen molar-refractivity contribution >= 4 is 0 Å². The van der Waals surface area contributed by atoms with Crippen LogP contribution in [0.15, 0.2) is 0 Å². The standard InChI is InChI=1S/C7H17N3O/c8-7-6-9-2-4-10(7)3-1-5-11/h7,9,11H,1-6,8H2. The van der Waals surface area contributed by atoms with Gasteiger partial charge in [-0.25, -0.2) is 0 Å². The molecule has 0 aromatic heterocycles. The van der Waals surface area contributed by atoms with Crippen molar-refractivity contribution in [2.75, 3.05) is 32.8 Å². The topological polar surface area (TPSA) is 61.5 Å². The molecule has 4 heteroatoms. The van der Waals surface area contributed by atoms with Crippen LogP contribution in [0, 0.1) is 0 Å². The number of aliphatic hydroxyl groups is 1. The van der Waals surface area contributed by atoms with Gasteiger partial charge in [0.1, 0.15) is 0 Å². The molecule has 4 N–H and O–H groups in total. The van der Waals surface area contributed by atoms with Crippen molar-refractivity contribution in [3.8, 4) is 0 Å². The largest absolute Gasteiger partial charge is 0.396 e. The van der Waals surface area contributed by atoms with Crippen molar-refractivity contribution < 1.29 is 5.11 Å². The third kappa shape index (κ3) is 2.75. The minimum atomic E-state index is 0.135. The minimum absolute atomic E-state index is 0.135. The summed E-state index contributed by atoms with van der Waals surface area (Å²) in [5.74, 6) is 0. The molecule has 1 fully saturated rings. The van der Waals surface area contributed by atoms with Gasteiger partial charge in [-0.3, -0.25) is 4.90 Å². The van der Waals surface area contributed by atoms with Gasteiger partial charge in [-0.05, 0) is 6.42 Å². The number of aliphatic hydroxyl groups excluding tert-OH is 1. The third-order valence-electron chi connectivity index (χ3n) is 2.00. The molecule has 0 aromatic rings. The molecule has 11 heavy (non-hydrogen) atoms. The molecular formula is C7H17N3O. The second-order valence-corrected chi connectivity index (χ2v) is 2.88. The van der Waals surface area contributed by atoms with Crippen molar-refractivity contribution in [2.45, 2.75) is 12.6 Å². The number of rotatable bonds is 3. The van der Waals surface area contributed by atoms with Gasteiger partial charge in [0.05, 0.1) is 6.17 Å². The molecule has 0 amide bonds. The molecule has 1 aliphatic heterocycles. The Bertz CT molecular complexity index is 110. The first-order valence-corrected chi connectivity index (χ1v) is 4.16. The molecule has 4 nitrogen and oxygen atoms in total. The first-order valence-electron chi connectivity index (χ1n) is 4.16. The van der Waals surface area contributed by atoms with E-state index in [9.17, 15) is 0 Å². The van der Waals surface area contributed by atoms with Gasteiger partial charge in [-0.2, -0.15) is 0 Å². The zero-order chi connectivity index (χ0) is 8.10. The van der Waals surface area contributed by atoms with Crippen LogP contribution in [0.1, 0.15) is 6.42 Å². The lowest BCUT2D eigenvalue weighted by atomic mass is 10.3. The molecule has 1 heterocycles. The molecule has 0 radical (unpaired) electrons. The fourth-order valence-electron chi connectivity index (χ4n) is 1.32. The van der Waals surface area contributed by atoms with E-state index < -0.39 is 0 Å². The van der Waals surface area contributed by atoms with Gasteiger partial charge in [-0.1, -0.05) is 0 Å². The van der Waals surface area contributed by atoms with E-state index >= 15 is 0 Å². The van der Waals surface area contributed by atoms with E-state index in [1.807, 2.05) is 0 Å². The Balaban J connectivity index is 2.18. The maximum absolute atomic E-state index is 8.60. The van der Waals surface area contributed by atoms with E-state index in [-0.39, 0.29) is 12.8 Å². The average molecular weight is 159 g/mol. The lowest BCUT2D eigenvalue weighted by molar-refractivity contribution is 0.149. The van der Waals surface area contributed by atoms with Crippen LogP contribution < -0.4 is 11.1 Å². The summed E-state index contributed by atoms with van der Waals surface area (Å²) in [6.07, 6.45) is 0.962. The molecule has 0 spiro atoms. The zero-order valence-electron chi connectivity index (χ0n) is 6.79. The summed E-state index contributed by atoms with van der Waals surface area (Å²) in [6.45, 7) is 4.06. The molecule has 1 atom stereocenters. The smallest absolute Gasteiger partial charge is 0.0700 e. The van der Waals surface area contributed by atoms with Gasteiger partial charge < -0.3 is 16.2 Å². The molecule has 1 aliphatic rings. The predicted molar refractivity (Wildman–Crippen MR) is 44.1 cm³/mol. The van der Waals surface area contributed by atoms with Gasteiger partial charge in [0.2, 0.25) is 0 Å². The number of hydrogen-bond donors (Lipinski definition) is 3. The fraction of sp³-hybridized carbons (Fsp3) is 1.00. The van der Waals surface area contributed by atoms with Gasteiger partial charge in [-0.15, -0.1) is 0 Å². The normalized spacial score (nSPS) is 27.3. The highest BCUT2D eigenvalue weighted by Crippen LogP contribution is 1.97. The van der Waals surface area contributed by atoms with E-state index in [1.54, 1.807) is 0 Å². The molecule has 1 rings (SSSR count). The lowest BCUT2D eigenvalue weighted by Gasteiger charge is -2.33. The zero-order valence-corrected chi connectivity index (χ0v) is 6.79. The summed E-state index contributed by atoms with van der Waals surface area (Å²) in [4.78, 5) is 2.20. The van der Waals surface area contributed by atoms with E-state index in [0.29, 0.717) is 0 Å². The second-order valence-electron chi connectivity index (χ2n) is 2.88. The van der Waals surface area contributed by atoms with Crippen LogP contribution in [0.4, 0.5) is 0 Å². The predicted octanol–water partition coefficient (Wildman–Crippen LogP) is -1.44. The maximum Gasteiger partial charge on any atom is 0.0700 e. The van der Waals surface area contributed by atoms with E-state index in [0.717, 1.165) is 32.6 Å². The second kappa shape index (κ2) is 4.66. The number of hydrogen-bond acceptors (Lipinski definition) is 4. The number of nitrogens with zero attached hydrogens (tertiary/aromatic N) is 1. The van der Waals surface area contributed by atoms with Crippen LogP contribution in [0.5, 0.6) is 0 Å². The van der Waals surface area contributed by atoms with Gasteiger partial charge in [0, 0.05) is 32.8 Å². The summed E-state index contributed by atoms with van der Waals surface area (Å²) < 4.78 is 0. The van der Waals surface area contributed by atoms with Crippen molar-refractivity contribution in [1.29, 1.82) is 0 Å². The molecule has 1 saturated heterocycles. The third-order valence-corrected chi connectivity index (χ3v) is 2.00. The van der Waals surface area contributed by atoms with E-state index in [2.05, 4.69) is 10.2 Å². The molecule has 0 saturated carbocycles. The Hall–Kier alpha value is -0.160.